The molecular weight excluding hydrogens is 242 g/mol. The highest BCUT2D eigenvalue weighted by Crippen LogP contribution is 2.31. The summed E-state index contributed by atoms with van der Waals surface area (Å²) < 4.78 is 0. The van der Waals surface area contributed by atoms with Gasteiger partial charge in [0.1, 0.15) is 0 Å². The van der Waals surface area contributed by atoms with Crippen molar-refractivity contribution >= 4 is 28.3 Å². The molecular formula is C14H21N3S. The van der Waals surface area contributed by atoms with E-state index >= 15 is 0 Å². The van der Waals surface area contributed by atoms with Crippen LogP contribution in [-0.4, -0.2) is 31.6 Å². The van der Waals surface area contributed by atoms with E-state index in [1.165, 1.54) is 16.9 Å². The van der Waals surface area contributed by atoms with Crippen molar-refractivity contribution in [3.63, 3.8) is 0 Å². The van der Waals surface area contributed by atoms with E-state index in [1.807, 2.05) is 0 Å². The number of aryl methyl sites for hydroxylation is 1. The van der Waals surface area contributed by atoms with E-state index in [9.17, 15) is 0 Å². The number of thioether (sulfide) groups is 1. The van der Waals surface area contributed by atoms with Crippen LogP contribution in [0.25, 0.3) is 0 Å². The van der Waals surface area contributed by atoms with Crippen LogP contribution in [0.4, 0.5) is 11.4 Å². The Bertz CT molecular complexity index is 443. The number of rotatable bonds is 4. The van der Waals surface area contributed by atoms with E-state index in [2.05, 4.69) is 49.0 Å². The first-order valence-corrected chi connectivity index (χ1v) is 7.41. The van der Waals surface area contributed by atoms with E-state index in [-0.39, 0.29) is 0 Å². The molecule has 98 valence electrons. The van der Waals surface area contributed by atoms with Crippen LogP contribution in [0.3, 0.4) is 0 Å². The monoisotopic (exact) mass is 263 g/mol. The fourth-order valence-corrected chi connectivity index (χ4v) is 3.02. The summed E-state index contributed by atoms with van der Waals surface area (Å²) in [5, 5.41) is 8.71. The second-order valence-electron chi connectivity index (χ2n) is 4.76. The van der Waals surface area contributed by atoms with Gasteiger partial charge in [-0.05, 0) is 24.1 Å². The Labute approximate surface area is 114 Å². The van der Waals surface area contributed by atoms with Crippen LogP contribution < -0.4 is 9.80 Å². The first-order valence-electron chi connectivity index (χ1n) is 6.42. The maximum atomic E-state index is 8.03. The maximum Gasteiger partial charge on any atom is 0.160 e. The summed E-state index contributed by atoms with van der Waals surface area (Å²) >= 11 is 1.64. The third kappa shape index (κ3) is 2.64. The molecule has 0 atom stereocenters. The Hall–Kier alpha value is -1.16. The average Bonchev–Trinajstić information content (AvgIpc) is 2.76. The molecule has 0 amide bonds. The summed E-state index contributed by atoms with van der Waals surface area (Å²) in [6, 6.07) is 6.59. The molecule has 1 aliphatic heterocycles. The molecule has 18 heavy (non-hydrogen) atoms. The first kappa shape index (κ1) is 13.3. The van der Waals surface area contributed by atoms with Crippen molar-refractivity contribution < 1.29 is 0 Å². The smallest absolute Gasteiger partial charge is 0.160 e. The summed E-state index contributed by atoms with van der Waals surface area (Å²) in [4.78, 5) is 4.26. The summed E-state index contributed by atoms with van der Waals surface area (Å²) in [6.45, 7) is 3.16. The second-order valence-corrected chi connectivity index (χ2v) is 5.85. The van der Waals surface area contributed by atoms with Crippen LogP contribution in [0.15, 0.2) is 18.2 Å². The average molecular weight is 263 g/mol. The number of hydrogen-bond acceptors (Lipinski definition) is 3. The van der Waals surface area contributed by atoms with Crippen molar-refractivity contribution in [1.29, 1.82) is 5.41 Å². The van der Waals surface area contributed by atoms with Gasteiger partial charge in [-0.3, -0.25) is 5.41 Å². The van der Waals surface area contributed by atoms with E-state index in [0.29, 0.717) is 5.17 Å². The lowest BCUT2D eigenvalue weighted by molar-refractivity contribution is 0.912. The SMILES string of the molecule is CCCc1ccc(N(C)C)cc1N1CCSC1=N. The van der Waals surface area contributed by atoms with Crippen LogP contribution in [0.2, 0.25) is 0 Å². The van der Waals surface area contributed by atoms with Gasteiger partial charge in [0.05, 0.1) is 0 Å². The zero-order valence-corrected chi connectivity index (χ0v) is 12.2. The van der Waals surface area contributed by atoms with Gasteiger partial charge >= 0.3 is 0 Å². The van der Waals surface area contributed by atoms with Crippen molar-refractivity contribution in [2.75, 3.05) is 36.2 Å². The highest BCUT2D eigenvalue weighted by atomic mass is 32.2. The number of amidine groups is 1. The standard InChI is InChI=1S/C14H21N3S/c1-4-5-11-6-7-12(16(2)3)10-13(11)17-8-9-18-14(17)15/h6-7,10,15H,4-5,8-9H2,1-3H3. The Morgan fingerprint density at radius 3 is 2.72 bits per heavy atom. The summed E-state index contributed by atoms with van der Waals surface area (Å²) in [6.07, 6.45) is 2.22. The summed E-state index contributed by atoms with van der Waals surface area (Å²) in [5.74, 6) is 1.02. The van der Waals surface area contributed by atoms with E-state index < -0.39 is 0 Å². The summed E-state index contributed by atoms with van der Waals surface area (Å²) in [5.41, 5.74) is 3.78. The maximum absolute atomic E-state index is 8.03. The van der Waals surface area contributed by atoms with Gasteiger partial charge < -0.3 is 9.80 Å². The highest BCUT2D eigenvalue weighted by Gasteiger charge is 2.22. The molecule has 1 heterocycles. The molecule has 0 saturated carbocycles. The Kier molecular flexibility index (Phi) is 4.17. The zero-order chi connectivity index (χ0) is 13.1. The van der Waals surface area contributed by atoms with Crippen LogP contribution in [0.1, 0.15) is 18.9 Å². The lowest BCUT2D eigenvalue weighted by Gasteiger charge is -2.23. The fraction of sp³-hybridized carbons (Fsp3) is 0.500. The third-order valence-corrected chi connectivity index (χ3v) is 4.07. The first-order chi connectivity index (χ1) is 8.63. The molecule has 2 rings (SSSR count). The molecule has 0 spiro atoms. The normalized spacial score (nSPS) is 15.3. The number of benzene rings is 1. The van der Waals surface area contributed by atoms with Crippen molar-refractivity contribution in [2.45, 2.75) is 19.8 Å². The van der Waals surface area contributed by atoms with E-state index in [0.717, 1.165) is 25.1 Å². The predicted molar refractivity (Wildman–Crippen MR) is 82.3 cm³/mol. The van der Waals surface area contributed by atoms with Crippen LogP contribution in [-0.2, 0) is 6.42 Å². The van der Waals surface area contributed by atoms with Gasteiger partial charge in [0.15, 0.2) is 5.17 Å². The van der Waals surface area contributed by atoms with Gasteiger partial charge in [-0.2, -0.15) is 0 Å². The molecule has 1 saturated heterocycles. The van der Waals surface area contributed by atoms with Gasteiger partial charge in [-0.25, -0.2) is 0 Å². The van der Waals surface area contributed by atoms with Gasteiger partial charge in [0.2, 0.25) is 0 Å². The molecule has 3 nitrogen and oxygen atoms in total. The van der Waals surface area contributed by atoms with Crippen molar-refractivity contribution in [2.24, 2.45) is 0 Å². The molecule has 0 bridgehead atoms. The zero-order valence-electron chi connectivity index (χ0n) is 11.4. The van der Waals surface area contributed by atoms with Crippen LogP contribution in [0.5, 0.6) is 0 Å². The second kappa shape index (κ2) is 5.65. The lowest BCUT2D eigenvalue weighted by Crippen LogP contribution is -2.24. The van der Waals surface area contributed by atoms with E-state index in [4.69, 9.17) is 5.41 Å². The largest absolute Gasteiger partial charge is 0.378 e. The van der Waals surface area contributed by atoms with Gasteiger partial charge in [-0.1, -0.05) is 31.2 Å². The Morgan fingerprint density at radius 2 is 2.17 bits per heavy atom. The van der Waals surface area contributed by atoms with Gasteiger partial charge in [0.25, 0.3) is 0 Å². The molecule has 0 aliphatic carbocycles. The molecule has 0 unspecified atom stereocenters. The van der Waals surface area contributed by atoms with Crippen LogP contribution in [0, 0.1) is 5.41 Å². The molecule has 4 heteroatoms. The lowest BCUT2D eigenvalue weighted by atomic mass is 10.1. The van der Waals surface area contributed by atoms with E-state index in [1.54, 1.807) is 11.8 Å². The number of nitrogens with one attached hydrogen (secondary N) is 1. The number of anilines is 2. The molecule has 1 N–H and O–H groups in total. The minimum atomic E-state index is 0.684. The molecule has 1 aliphatic rings. The van der Waals surface area contributed by atoms with Gasteiger partial charge in [-0.15, -0.1) is 0 Å². The molecule has 1 aromatic rings. The third-order valence-electron chi connectivity index (χ3n) is 3.19. The van der Waals surface area contributed by atoms with Gasteiger partial charge in [0, 0.05) is 37.8 Å². The van der Waals surface area contributed by atoms with Crippen molar-refractivity contribution in [3.8, 4) is 0 Å². The highest BCUT2D eigenvalue weighted by molar-refractivity contribution is 8.14. The number of hydrogen-bond donors (Lipinski definition) is 1. The predicted octanol–water partition coefficient (Wildman–Crippen LogP) is 3.19. The Morgan fingerprint density at radius 1 is 1.39 bits per heavy atom. The topological polar surface area (TPSA) is 30.3 Å². The number of nitrogens with zero attached hydrogens (tertiary/aromatic N) is 2. The minimum Gasteiger partial charge on any atom is -0.378 e. The van der Waals surface area contributed by atoms with Crippen molar-refractivity contribution in [3.05, 3.63) is 23.8 Å². The Balaban J connectivity index is 2.39. The molecule has 1 aromatic carbocycles. The molecule has 0 radical (unpaired) electrons. The summed E-state index contributed by atoms with van der Waals surface area (Å²) in [7, 11) is 4.12. The fourth-order valence-electron chi connectivity index (χ4n) is 2.21. The van der Waals surface area contributed by atoms with Crippen LogP contribution >= 0.6 is 11.8 Å². The quantitative estimate of drug-likeness (QED) is 0.905. The van der Waals surface area contributed by atoms with Crippen molar-refractivity contribution in [1.82, 2.24) is 0 Å². The minimum absolute atomic E-state index is 0.684. The molecule has 0 aromatic heterocycles. The molecule has 1 fully saturated rings.